The first-order chi connectivity index (χ1) is 10.1. The molecule has 1 aliphatic heterocycles. The quantitative estimate of drug-likeness (QED) is 0.936. The number of aromatic carboxylic acids is 1. The number of thiazole rings is 1. The number of nitrogens with zero attached hydrogens (tertiary/aromatic N) is 2. The summed E-state index contributed by atoms with van der Waals surface area (Å²) in [5, 5.41) is 9.76. The maximum atomic E-state index is 11.0. The zero-order valence-electron chi connectivity index (χ0n) is 12.0. The molecule has 0 spiro atoms. The molecule has 3 rings (SSSR count). The van der Waals surface area contributed by atoms with Crippen LogP contribution < -0.4 is 0 Å². The fourth-order valence-corrected chi connectivity index (χ4v) is 3.53. The van der Waals surface area contributed by atoms with Crippen molar-refractivity contribution in [3.8, 4) is 10.6 Å². The highest BCUT2D eigenvalue weighted by Crippen LogP contribution is 2.30. The van der Waals surface area contributed by atoms with Crippen molar-refractivity contribution in [2.24, 2.45) is 0 Å². The van der Waals surface area contributed by atoms with Crippen LogP contribution in [0.15, 0.2) is 30.5 Å². The number of benzene rings is 1. The minimum absolute atomic E-state index is 0.281. The molecule has 1 aromatic heterocycles. The van der Waals surface area contributed by atoms with E-state index in [0.29, 0.717) is 6.04 Å². The van der Waals surface area contributed by atoms with Crippen LogP contribution in [0.25, 0.3) is 10.6 Å². The average molecular weight is 302 g/mol. The number of carboxylic acid groups (broad SMARTS) is 1. The van der Waals surface area contributed by atoms with Crippen molar-refractivity contribution in [1.82, 2.24) is 9.88 Å². The van der Waals surface area contributed by atoms with Gasteiger partial charge in [-0.2, -0.15) is 0 Å². The van der Waals surface area contributed by atoms with Gasteiger partial charge < -0.3 is 5.11 Å². The molecular weight excluding hydrogens is 284 g/mol. The zero-order valence-corrected chi connectivity index (χ0v) is 12.8. The Morgan fingerprint density at radius 1 is 1.38 bits per heavy atom. The van der Waals surface area contributed by atoms with Gasteiger partial charge in [0.25, 0.3) is 0 Å². The molecule has 0 saturated carbocycles. The maximum Gasteiger partial charge on any atom is 0.347 e. The van der Waals surface area contributed by atoms with Crippen LogP contribution in [0.3, 0.4) is 0 Å². The van der Waals surface area contributed by atoms with Crippen molar-refractivity contribution in [3.05, 3.63) is 40.9 Å². The van der Waals surface area contributed by atoms with E-state index in [1.54, 1.807) is 0 Å². The van der Waals surface area contributed by atoms with Crippen molar-refractivity contribution in [3.63, 3.8) is 0 Å². The van der Waals surface area contributed by atoms with Gasteiger partial charge in [-0.3, -0.25) is 4.90 Å². The molecule has 0 amide bonds. The molecule has 110 valence electrons. The molecule has 1 N–H and O–H groups in total. The Morgan fingerprint density at radius 2 is 2.14 bits per heavy atom. The average Bonchev–Trinajstić information content (AvgIpc) is 3.18. The fourth-order valence-electron chi connectivity index (χ4n) is 2.78. The normalized spacial score (nSPS) is 17.0. The van der Waals surface area contributed by atoms with Gasteiger partial charge in [-0.05, 0) is 44.5 Å². The van der Waals surface area contributed by atoms with Crippen molar-refractivity contribution in [2.75, 3.05) is 13.1 Å². The maximum absolute atomic E-state index is 11.0. The third-order valence-electron chi connectivity index (χ3n) is 4.02. The van der Waals surface area contributed by atoms with Crippen LogP contribution in [0.4, 0.5) is 0 Å². The highest BCUT2D eigenvalue weighted by molar-refractivity contribution is 7.16. The Kier molecular flexibility index (Phi) is 4.03. The van der Waals surface area contributed by atoms with E-state index >= 15 is 0 Å². The second-order valence-electron chi connectivity index (χ2n) is 5.38. The third-order valence-corrected chi connectivity index (χ3v) is 5.06. The van der Waals surface area contributed by atoms with Crippen molar-refractivity contribution in [1.29, 1.82) is 0 Å². The van der Waals surface area contributed by atoms with Crippen LogP contribution in [-0.2, 0) is 0 Å². The Hall–Kier alpha value is -1.72. The smallest absolute Gasteiger partial charge is 0.347 e. The van der Waals surface area contributed by atoms with E-state index in [-0.39, 0.29) is 4.88 Å². The van der Waals surface area contributed by atoms with Gasteiger partial charge in [0.05, 0.1) is 6.20 Å². The largest absolute Gasteiger partial charge is 0.477 e. The summed E-state index contributed by atoms with van der Waals surface area (Å²) in [6.45, 7) is 4.55. The Bertz CT molecular complexity index is 647. The van der Waals surface area contributed by atoms with E-state index in [1.165, 1.54) is 35.9 Å². The first-order valence-corrected chi connectivity index (χ1v) is 8.00. The minimum atomic E-state index is -0.916. The third kappa shape index (κ3) is 2.99. The van der Waals surface area contributed by atoms with Gasteiger partial charge in [0.2, 0.25) is 0 Å². The van der Waals surface area contributed by atoms with E-state index in [1.807, 2.05) is 12.1 Å². The summed E-state index contributed by atoms with van der Waals surface area (Å²) in [7, 11) is 0. The zero-order chi connectivity index (χ0) is 14.8. The number of hydrogen-bond donors (Lipinski definition) is 1. The molecule has 4 nitrogen and oxygen atoms in total. The van der Waals surface area contributed by atoms with Gasteiger partial charge in [0.1, 0.15) is 9.88 Å². The van der Waals surface area contributed by atoms with Crippen molar-refractivity contribution < 1.29 is 9.90 Å². The summed E-state index contributed by atoms with van der Waals surface area (Å²) in [5.41, 5.74) is 2.26. The predicted octanol–water partition coefficient (Wildman–Crippen LogP) is 3.67. The van der Waals surface area contributed by atoms with Crippen molar-refractivity contribution >= 4 is 17.3 Å². The summed E-state index contributed by atoms with van der Waals surface area (Å²) in [5.74, 6) is -0.916. The van der Waals surface area contributed by atoms with Gasteiger partial charge in [-0.25, -0.2) is 9.78 Å². The van der Waals surface area contributed by atoms with Crippen molar-refractivity contribution in [2.45, 2.75) is 25.8 Å². The Morgan fingerprint density at radius 3 is 2.81 bits per heavy atom. The fraction of sp³-hybridized carbons (Fsp3) is 0.375. The second kappa shape index (κ2) is 5.95. The molecule has 0 bridgehead atoms. The highest BCUT2D eigenvalue weighted by Gasteiger charge is 2.20. The Labute approximate surface area is 128 Å². The van der Waals surface area contributed by atoms with E-state index in [4.69, 9.17) is 5.11 Å². The standard InChI is InChI=1S/C16H18N2O2S/c1-11(18-7-2-3-8-18)12-5-4-6-13(9-12)15-17-10-14(21-15)16(19)20/h4-6,9-11H,2-3,7-8H2,1H3,(H,19,20). The number of rotatable bonds is 4. The molecule has 2 heterocycles. The highest BCUT2D eigenvalue weighted by atomic mass is 32.1. The lowest BCUT2D eigenvalue weighted by Crippen LogP contribution is -2.23. The van der Waals surface area contributed by atoms with E-state index < -0.39 is 5.97 Å². The molecule has 1 fully saturated rings. The van der Waals surface area contributed by atoms with Crippen LogP contribution in [0.5, 0.6) is 0 Å². The molecule has 1 aliphatic rings. The molecule has 0 aliphatic carbocycles. The summed E-state index contributed by atoms with van der Waals surface area (Å²) < 4.78 is 0. The SMILES string of the molecule is CC(c1cccc(-c2ncc(C(=O)O)s2)c1)N1CCCC1. The molecular formula is C16H18N2O2S. The van der Waals surface area contributed by atoms with Crippen LogP contribution in [0.2, 0.25) is 0 Å². The van der Waals surface area contributed by atoms with Gasteiger partial charge in [-0.15, -0.1) is 11.3 Å². The van der Waals surface area contributed by atoms with E-state index in [9.17, 15) is 4.79 Å². The van der Waals surface area contributed by atoms with Crippen LogP contribution in [-0.4, -0.2) is 34.0 Å². The molecule has 5 heteroatoms. The van der Waals surface area contributed by atoms with Gasteiger partial charge >= 0.3 is 5.97 Å². The minimum Gasteiger partial charge on any atom is -0.477 e. The van der Waals surface area contributed by atoms with Gasteiger partial charge in [-0.1, -0.05) is 18.2 Å². The van der Waals surface area contributed by atoms with E-state index in [2.05, 4.69) is 28.9 Å². The topological polar surface area (TPSA) is 53.4 Å². The summed E-state index contributed by atoms with van der Waals surface area (Å²) >= 11 is 1.22. The van der Waals surface area contributed by atoms with E-state index in [0.717, 1.165) is 23.7 Å². The van der Waals surface area contributed by atoms with Crippen LogP contribution in [0.1, 0.15) is 41.0 Å². The van der Waals surface area contributed by atoms with Gasteiger partial charge in [0, 0.05) is 11.6 Å². The molecule has 1 saturated heterocycles. The summed E-state index contributed by atoms with van der Waals surface area (Å²) in [6.07, 6.45) is 3.98. The van der Waals surface area contributed by atoms with Gasteiger partial charge in [0.15, 0.2) is 0 Å². The number of aromatic nitrogens is 1. The first kappa shape index (κ1) is 14.2. The van der Waals surface area contributed by atoms with Crippen LogP contribution in [0, 0.1) is 0 Å². The lowest BCUT2D eigenvalue weighted by molar-refractivity contribution is 0.0702. The predicted molar refractivity (Wildman–Crippen MR) is 83.7 cm³/mol. The monoisotopic (exact) mass is 302 g/mol. The molecule has 21 heavy (non-hydrogen) atoms. The Balaban J connectivity index is 1.86. The molecule has 2 aromatic rings. The summed E-state index contributed by atoms with van der Waals surface area (Å²) in [4.78, 5) is 18.0. The molecule has 0 radical (unpaired) electrons. The first-order valence-electron chi connectivity index (χ1n) is 7.18. The molecule has 1 atom stereocenters. The lowest BCUT2D eigenvalue weighted by atomic mass is 10.0. The second-order valence-corrected chi connectivity index (χ2v) is 6.41. The number of likely N-dealkylation sites (tertiary alicyclic amines) is 1. The number of hydrogen-bond acceptors (Lipinski definition) is 4. The number of carbonyl (C=O) groups is 1. The van der Waals surface area contributed by atoms with Crippen LogP contribution >= 0.6 is 11.3 Å². The lowest BCUT2D eigenvalue weighted by Gasteiger charge is -2.24. The summed E-state index contributed by atoms with van der Waals surface area (Å²) in [6, 6.07) is 8.68. The molecule has 1 unspecified atom stereocenters. The molecule has 1 aromatic carbocycles. The number of carboxylic acids is 1.